The second kappa shape index (κ2) is 11.4. The fourth-order valence-electron chi connectivity index (χ4n) is 3.15. The van der Waals surface area contributed by atoms with E-state index in [1.165, 1.54) is 5.56 Å². The highest BCUT2D eigenvalue weighted by molar-refractivity contribution is 9.10. The highest BCUT2D eigenvalue weighted by Crippen LogP contribution is 2.37. The van der Waals surface area contributed by atoms with Gasteiger partial charge >= 0.3 is 0 Å². The van der Waals surface area contributed by atoms with Crippen LogP contribution in [0.2, 0.25) is 0 Å². The van der Waals surface area contributed by atoms with Crippen LogP contribution in [0.4, 0.5) is 0 Å². The monoisotopic (exact) mass is 448 g/mol. The van der Waals surface area contributed by atoms with Gasteiger partial charge in [0.25, 0.3) is 0 Å². The van der Waals surface area contributed by atoms with E-state index in [0.717, 1.165) is 67.5 Å². The lowest BCUT2D eigenvalue weighted by Crippen LogP contribution is -2.40. The molecule has 28 heavy (non-hydrogen) atoms. The zero-order chi connectivity index (χ0) is 19.6. The molecule has 5 nitrogen and oxygen atoms in total. The Labute approximate surface area is 176 Å². The van der Waals surface area contributed by atoms with Crippen molar-refractivity contribution in [1.82, 2.24) is 10.2 Å². The second-order valence-corrected chi connectivity index (χ2v) is 7.60. The van der Waals surface area contributed by atoms with Gasteiger partial charge in [-0.1, -0.05) is 30.3 Å². The normalized spacial score (nSPS) is 14.8. The molecule has 3 rings (SSSR count). The van der Waals surface area contributed by atoms with Gasteiger partial charge in [0.15, 0.2) is 11.5 Å². The van der Waals surface area contributed by atoms with Gasteiger partial charge in [0.2, 0.25) is 0 Å². The lowest BCUT2D eigenvalue weighted by Gasteiger charge is -2.26. The standard InChI is InChI=1S/C22H29BrN2O3/c1-2-27-21-15-19(16-24-8-9-25-10-12-26-13-11-25)14-20(23)22(21)28-17-18-6-4-3-5-7-18/h3-7,14-15,24H,2,8-13,16-17H2,1H3. The van der Waals surface area contributed by atoms with Gasteiger partial charge in [0.1, 0.15) is 6.61 Å². The van der Waals surface area contributed by atoms with E-state index in [9.17, 15) is 0 Å². The molecule has 0 aromatic heterocycles. The second-order valence-electron chi connectivity index (χ2n) is 6.74. The van der Waals surface area contributed by atoms with Crippen LogP contribution < -0.4 is 14.8 Å². The molecule has 0 aliphatic carbocycles. The molecule has 0 bridgehead atoms. The molecular weight excluding hydrogens is 420 g/mol. The van der Waals surface area contributed by atoms with Crippen molar-refractivity contribution in [3.05, 3.63) is 58.1 Å². The Morgan fingerprint density at radius 3 is 2.61 bits per heavy atom. The van der Waals surface area contributed by atoms with Crippen molar-refractivity contribution >= 4 is 15.9 Å². The Morgan fingerprint density at radius 2 is 1.86 bits per heavy atom. The van der Waals surface area contributed by atoms with E-state index in [0.29, 0.717) is 13.2 Å². The Bertz CT molecular complexity index is 721. The summed E-state index contributed by atoms with van der Waals surface area (Å²) < 4.78 is 18.2. The van der Waals surface area contributed by atoms with E-state index in [1.807, 2.05) is 25.1 Å². The van der Waals surface area contributed by atoms with Gasteiger partial charge in [-0.2, -0.15) is 0 Å². The van der Waals surface area contributed by atoms with Crippen LogP contribution in [0.5, 0.6) is 11.5 Å². The maximum absolute atomic E-state index is 6.06. The molecule has 152 valence electrons. The molecule has 6 heteroatoms. The van der Waals surface area contributed by atoms with Gasteiger partial charge in [-0.05, 0) is 46.1 Å². The van der Waals surface area contributed by atoms with Crippen LogP contribution in [0, 0.1) is 0 Å². The van der Waals surface area contributed by atoms with E-state index in [2.05, 4.69) is 50.4 Å². The fourth-order valence-corrected chi connectivity index (χ4v) is 3.75. The highest BCUT2D eigenvalue weighted by Gasteiger charge is 2.13. The number of morpholine rings is 1. The van der Waals surface area contributed by atoms with Gasteiger partial charge < -0.3 is 19.5 Å². The van der Waals surface area contributed by atoms with E-state index in [4.69, 9.17) is 14.2 Å². The van der Waals surface area contributed by atoms with Crippen molar-refractivity contribution in [2.45, 2.75) is 20.1 Å². The van der Waals surface area contributed by atoms with Gasteiger partial charge in [0, 0.05) is 32.7 Å². The Balaban J connectivity index is 1.56. The molecule has 1 N–H and O–H groups in total. The predicted octanol–water partition coefficient (Wildman–Crippen LogP) is 3.85. The molecule has 0 amide bonds. The summed E-state index contributed by atoms with van der Waals surface area (Å²) in [6, 6.07) is 14.3. The molecule has 1 heterocycles. The zero-order valence-corrected chi connectivity index (χ0v) is 18.0. The molecule has 1 aliphatic heterocycles. The lowest BCUT2D eigenvalue weighted by molar-refractivity contribution is 0.0384. The van der Waals surface area contributed by atoms with Crippen molar-refractivity contribution in [2.24, 2.45) is 0 Å². The minimum absolute atomic E-state index is 0.511. The number of halogens is 1. The fraction of sp³-hybridized carbons (Fsp3) is 0.455. The first-order chi connectivity index (χ1) is 13.8. The highest BCUT2D eigenvalue weighted by atomic mass is 79.9. The first-order valence-corrected chi connectivity index (χ1v) is 10.7. The maximum Gasteiger partial charge on any atom is 0.175 e. The first kappa shape index (κ1) is 21.1. The van der Waals surface area contributed by atoms with Gasteiger partial charge in [0.05, 0.1) is 24.3 Å². The topological polar surface area (TPSA) is 43.0 Å². The molecule has 0 spiro atoms. The van der Waals surface area contributed by atoms with E-state index in [1.54, 1.807) is 0 Å². The number of rotatable bonds is 10. The molecule has 1 fully saturated rings. The summed E-state index contributed by atoms with van der Waals surface area (Å²) in [6.07, 6.45) is 0. The van der Waals surface area contributed by atoms with Crippen molar-refractivity contribution in [1.29, 1.82) is 0 Å². The first-order valence-electron chi connectivity index (χ1n) is 9.89. The van der Waals surface area contributed by atoms with Crippen LogP contribution in [0.25, 0.3) is 0 Å². The summed E-state index contributed by atoms with van der Waals surface area (Å²) in [5, 5.41) is 3.52. The number of hydrogen-bond donors (Lipinski definition) is 1. The summed E-state index contributed by atoms with van der Waals surface area (Å²) in [4.78, 5) is 2.43. The number of hydrogen-bond acceptors (Lipinski definition) is 5. The van der Waals surface area contributed by atoms with Crippen molar-refractivity contribution < 1.29 is 14.2 Å². The SMILES string of the molecule is CCOc1cc(CNCCN2CCOCC2)cc(Br)c1OCc1ccccc1. The minimum Gasteiger partial charge on any atom is -0.490 e. The van der Waals surface area contributed by atoms with Crippen molar-refractivity contribution in [3.8, 4) is 11.5 Å². The van der Waals surface area contributed by atoms with Crippen LogP contribution >= 0.6 is 15.9 Å². The third-order valence-corrected chi connectivity index (χ3v) is 5.22. The quantitative estimate of drug-likeness (QED) is 0.559. The van der Waals surface area contributed by atoms with Gasteiger partial charge in [-0.25, -0.2) is 0 Å². The molecule has 2 aromatic rings. The Hall–Kier alpha value is -1.60. The van der Waals surface area contributed by atoms with Crippen LogP contribution in [0.15, 0.2) is 46.9 Å². The maximum atomic E-state index is 6.06. The number of nitrogens with zero attached hydrogens (tertiary/aromatic N) is 1. The van der Waals surface area contributed by atoms with Crippen molar-refractivity contribution in [3.63, 3.8) is 0 Å². The molecule has 0 unspecified atom stereocenters. The lowest BCUT2D eigenvalue weighted by atomic mass is 10.2. The van der Waals surface area contributed by atoms with Crippen LogP contribution in [0.1, 0.15) is 18.1 Å². The number of ether oxygens (including phenoxy) is 3. The summed E-state index contributed by atoms with van der Waals surface area (Å²) >= 11 is 3.66. The average molecular weight is 449 g/mol. The largest absolute Gasteiger partial charge is 0.490 e. The van der Waals surface area contributed by atoms with E-state index < -0.39 is 0 Å². The van der Waals surface area contributed by atoms with Crippen LogP contribution in [-0.4, -0.2) is 50.9 Å². The Morgan fingerprint density at radius 1 is 1.07 bits per heavy atom. The molecule has 1 saturated heterocycles. The van der Waals surface area contributed by atoms with Crippen LogP contribution in [-0.2, 0) is 17.9 Å². The summed E-state index contributed by atoms with van der Waals surface area (Å²) in [5.41, 5.74) is 2.30. The molecule has 0 radical (unpaired) electrons. The summed E-state index contributed by atoms with van der Waals surface area (Å²) in [5.74, 6) is 1.53. The van der Waals surface area contributed by atoms with Crippen LogP contribution in [0.3, 0.4) is 0 Å². The molecule has 2 aromatic carbocycles. The Kier molecular flexibility index (Phi) is 8.61. The minimum atomic E-state index is 0.511. The molecule has 1 aliphatic rings. The average Bonchev–Trinajstić information content (AvgIpc) is 2.72. The molecular formula is C22H29BrN2O3. The van der Waals surface area contributed by atoms with E-state index in [-0.39, 0.29) is 0 Å². The molecule has 0 saturated carbocycles. The van der Waals surface area contributed by atoms with Gasteiger partial charge in [-0.15, -0.1) is 0 Å². The number of benzene rings is 2. The smallest absolute Gasteiger partial charge is 0.175 e. The third-order valence-electron chi connectivity index (χ3n) is 4.63. The summed E-state index contributed by atoms with van der Waals surface area (Å²) in [6.45, 7) is 9.62. The third kappa shape index (κ3) is 6.48. The van der Waals surface area contributed by atoms with Crippen molar-refractivity contribution in [2.75, 3.05) is 46.0 Å². The number of nitrogens with one attached hydrogen (secondary N) is 1. The van der Waals surface area contributed by atoms with E-state index >= 15 is 0 Å². The van der Waals surface area contributed by atoms with Gasteiger partial charge in [-0.3, -0.25) is 4.90 Å². The predicted molar refractivity (Wildman–Crippen MR) is 115 cm³/mol. The summed E-state index contributed by atoms with van der Waals surface area (Å²) in [7, 11) is 0. The zero-order valence-electron chi connectivity index (χ0n) is 16.5. The molecule has 0 atom stereocenters.